The number of nitrogens with zero attached hydrogens (tertiary/aromatic N) is 2. The van der Waals surface area contributed by atoms with Crippen molar-refractivity contribution in [2.24, 2.45) is 17.8 Å². The molecule has 1 aromatic carbocycles. The molecule has 4 bridgehead atoms. The Morgan fingerprint density at radius 1 is 1.00 bits per heavy atom. The zero-order valence-corrected chi connectivity index (χ0v) is 20.0. The van der Waals surface area contributed by atoms with Crippen molar-refractivity contribution in [3.8, 4) is 11.5 Å². The van der Waals surface area contributed by atoms with Gasteiger partial charge >= 0.3 is 0 Å². The van der Waals surface area contributed by atoms with Crippen molar-refractivity contribution in [1.82, 2.24) is 4.90 Å². The third-order valence-corrected chi connectivity index (χ3v) is 11.6. The van der Waals surface area contributed by atoms with E-state index in [-0.39, 0.29) is 0 Å². The minimum absolute atomic E-state index is 0.506. The van der Waals surface area contributed by atoms with Crippen LogP contribution in [0.15, 0.2) is 18.2 Å². The van der Waals surface area contributed by atoms with Crippen molar-refractivity contribution in [2.45, 2.75) is 62.0 Å². The Balaban J connectivity index is 1.40. The second-order valence-electron chi connectivity index (χ2n) is 10.9. The first-order valence-corrected chi connectivity index (χ1v) is 14.1. The van der Waals surface area contributed by atoms with E-state index < -0.39 is 20.0 Å². The third kappa shape index (κ3) is 3.25. The zero-order valence-electron chi connectivity index (χ0n) is 19.2. The molecule has 6 aliphatic rings. The summed E-state index contributed by atoms with van der Waals surface area (Å²) in [4.78, 5) is 4.50. The molecule has 1 atom stereocenters. The van der Waals surface area contributed by atoms with Crippen molar-refractivity contribution in [3.63, 3.8) is 0 Å². The van der Waals surface area contributed by atoms with Crippen LogP contribution in [0.5, 0.6) is 11.5 Å². The summed E-state index contributed by atoms with van der Waals surface area (Å²) >= 11 is 0. The van der Waals surface area contributed by atoms with Crippen LogP contribution < -0.4 is 14.4 Å². The molecule has 4 aliphatic carbocycles. The summed E-state index contributed by atoms with van der Waals surface area (Å²) in [5.74, 6) is 3.28. The van der Waals surface area contributed by atoms with Crippen LogP contribution in [0.2, 0.25) is 0 Å². The van der Waals surface area contributed by atoms with E-state index in [1.54, 1.807) is 0 Å². The number of sulfone groups is 1. The van der Waals surface area contributed by atoms with Crippen LogP contribution in [0.25, 0.3) is 0 Å². The first-order valence-electron chi connectivity index (χ1n) is 12.6. The standard InChI is InChI=1S/C25H36N2O4S/c1-2-6-26-7-8-27(21-4-3-5-22-24(21)31-10-9-30-22)23(17-26)32(28,29)25-14-18-11-19(15-25)13-20(12-18)16-25/h3-5,18-20,23H,2,6-17H2,1H3. The van der Waals surface area contributed by atoms with Crippen molar-refractivity contribution in [2.75, 3.05) is 44.3 Å². The van der Waals surface area contributed by atoms with Gasteiger partial charge in [-0.2, -0.15) is 0 Å². The molecule has 0 aromatic heterocycles. The highest BCUT2D eigenvalue weighted by Crippen LogP contribution is 2.59. The van der Waals surface area contributed by atoms with E-state index in [2.05, 4.69) is 16.7 Å². The monoisotopic (exact) mass is 460 g/mol. The number of ether oxygens (including phenoxy) is 2. The Kier molecular flexibility index (Phi) is 5.14. The van der Waals surface area contributed by atoms with Gasteiger partial charge in [0, 0.05) is 19.6 Å². The van der Waals surface area contributed by atoms with Crippen LogP contribution in [0.1, 0.15) is 51.9 Å². The fourth-order valence-corrected chi connectivity index (χ4v) is 10.8. The fourth-order valence-electron chi connectivity index (χ4n) is 7.82. The van der Waals surface area contributed by atoms with Gasteiger partial charge in [0.2, 0.25) is 0 Å². The minimum atomic E-state index is -3.37. The Labute approximate surface area is 192 Å². The molecule has 1 saturated heterocycles. The Hall–Kier alpha value is -1.47. The van der Waals surface area contributed by atoms with E-state index >= 15 is 0 Å². The van der Waals surface area contributed by atoms with E-state index in [1.165, 1.54) is 19.3 Å². The molecule has 6 nitrogen and oxygen atoms in total. The van der Waals surface area contributed by atoms with E-state index in [9.17, 15) is 8.42 Å². The van der Waals surface area contributed by atoms with E-state index in [4.69, 9.17) is 9.47 Å². The van der Waals surface area contributed by atoms with Gasteiger partial charge in [0.15, 0.2) is 21.3 Å². The first-order chi connectivity index (χ1) is 15.5. The topological polar surface area (TPSA) is 59.1 Å². The summed E-state index contributed by atoms with van der Waals surface area (Å²) in [7, 11) is -3.37. The molecule has 2 aliphatic heterocycles. The predicted molar refractivity (Wildman–Crippen MR) is 125 cm³/mol. The molecule has 1 unspecified atom stereocenters. The van der Waals surface area contributed by atoms with Crippen LogP contribution in [0, 0.1) is 17.8 Å². The fraction of sp³-hybridized carbons (Fsp3) is 0.760. The van der Waals surface area contributed by atoms with Gasteiger partial charge in [-0.05, 0) is 81.4 Å². The number of anilines is 1. The summed E-state index contributed by atoms with van der Waals surface area (Å²) in [6.07, 6.45) is 7.44. The molecule has 1 aromatic rings. The number of benzene rings is 1. The average Bonchev–Trinajstić information content (AvgIpc) is 2.78. The van der Waals surface area contributed by atoms with E-state index in [0.717, 1.165) is 50.2 Å². The highest BCUT2D eigenvalue weighted by Gasteiger charge is 2.60. The van der Waals surface area contributed by atoms with Crippen LogP contribution >= 0.6 is 0 Å². The third-order valence-electron chi connectivity index (χ3n) is 8.76. The molecule has 7 rings (SSSR count). The van der Waals surface area contributed by atoms with Crippen LogP contribution in [0.4, 0.5) is 5.69 Å². The normalized spacial score (nSPS) is 36.5. The average molecular weight is 461 g/mol. The molecule has 176 valence electrons. The molecule has 2 heterocycles. The van der Waals surface area contributed by atoms with Crippen LogP contribution in [0.3, 0.4) is 0 Å². The number of hydrogen-bond acceptors (Lipinski definition) is 6. The summed E-state index contributed by atoms with van der Waals surface area (Å²) in [5, 5.41) is -0.518. The highest BCUT2D eigenvalue weighted by atomic mass is 32.2. The molecule has 5 fully saturated rings. The maximum Gasteiger partial charge on any atom is 0.184 e. The van der Waals surface area contributed by atoms with Gasteiger partial charge in [0.25, 0.3) is 0 Å². The van der Waals surface area contributed by atoms with Gasteiger partial charge in [-0.3, -0.25) is 4.90 Å². The molecule has 4 saturated carbocycles. The maximum absolute atomic E-state index is 14.6. The van der Waals surface area contributed by atoms with Gasteiger partial charge in [-0.25, -0.2) is 8.42 Å². The van der Waals surface area contributed by atoms with Gasteiger partial charge in [-0.15, -0.1) is 0 Å². The van der Waals surface area contributed by atoms with Crippen LogP contribution in [-0.2, 0) is 9.84 Å². The molecule has 0 radical (unpaired) electrons. The lowest BCUT2D eigenvalue weighted by Gasteiger charge is -2.57. The summed E-state index contributed by atoms with van der Waals surface area (Å²) < 4.78 is 40.5. The predicted octanol–water partition coefficient (Wildman–Crippen LogP) is 3.70. The Morgan fingerprint density at radius 3 is 2.38 bits per heavy atom. The second kappa shape index (κ2) is 7.79. The van der Waals surface area contributed by atoms with Gasteiger partial charge < -0.3 is 14.4 Å². The lowest BCUT2D eigenvalue weighted by atomic mass is 9.56. The zero-order chi connectivity index (χ0) is 21.9. The summed E-state index contributed by atoms with van der Waals surface area (Å²) in [6.45, 7) is 6.34. The number of fused-ring (bicyclic) bond motifs is 1. The highest BCUT2D eigenvalue weighted by molar-refractivity contribution is 7.93. The molecule has 0 N–H and O–H groups in total. The number of hydrogen-bond donors (Lipinski definition) is 0. The van der Waals surface area contributed by atoms with Crippen molar-refractivity contribution >= 4 is 15.5 Å². The Bertz CT molecular complexity index is 943. The molecule has 0 amide bonds. The largest absolute Gasteiger partial charge is 0.486 e. The smallest absolute Gasteiger partial charge is 0.184 e. The SMILES string of the molecule is CCCN1CCN(c2cccc3c2OCCO3)C(S(=O)(=O)C23CC4CC(CC(C4)C2)C3)C1. The number of para-hydroxylation sites is 1. The number of rotatable bonds is 5. The van der Waals surface area contributed by atoms with Crippen LogP contribution in [-0.4, -0.2) is 62.8 Å². The van der Waals surface area contributed by atoms with Gasteiger partial charge in [0.05, 0.1) is 10.4 Å². The number of piperazine rings is 1. The van der Waals surface area contributed by atoms with Crippen molar-refractivity contribution in [1.29, 1.82) is 0 Å². The maximum atomic E-state index is 14.6. The Morgan fingerprint density at radius 2 is 1.69 bits per heavy atom. The summed E-state index contributed by atoms with van der Waals surface area (Å²) in [5.41, 5.74) is 0.886. The molecular weight excluding hydrogens is 424 g/mol. The molecule has 7 heteroatoms. The first kappa shape index (κ1) is 21.1. The molecular formula is C25H36N2O4S. The lowest BCUT2D eigenvalue weighted by Crippen LogP contribution is -2.64. The minimum Gasteiger partial charge on any atom is -0.486 e. The van der Waals surface area contributed by atoms with Crippen molar-refractivity contribution < 1.29 is 17.9 Å². The van der Waals surface area contributed by atoms with Crippen molar-refractivity contribution in [3.05, 3.63) is 18.2 Å². The summed E-state index contributed by atoms with van der Waals surface area (Å²) in [6, 6.07) is 5.91. The lowest BCUT2D eigenvalue weighted by molar-refractivity contribution is 0.0330. The van der Waals surface area contributed by atoms with Gasteiger partial charge in [-0.1, -0.05) is 13.0 Å². The molecule has 0 spiro atoms. The van der Waals surface area contributed by atoms with E-state index in [0.29, 0.717) is 49.8 Å². The quantitative estimate of drug-likeness (QED) is 0.668. The second-order valence-corrected chi connectivity index (χ2v) is 13.4. The molecule has 32 heavy (non-hydrogen) atoms. The van der Waals surface area contributed by atoms with Gasteiger partial charge in [0.1, 0.15) is 18.6 Å². The van der Waals surface area contributed by atoms with E-state index in [1.807, 2.05) is 18.2 Å².